The van der Waals surface area contributed by atoms with Crippen LogP contribution in [0.4, 0.5) is 17.1 Å². The maximum absolute atomic E-state index is 12.9. The van der Waals surface area contributed by atoms with E-state index in [0.29, 0.717) is 17.2 Å². The van der Waals surface area contributed by atoms with Crippen molar-refractivity contribution in [3.63, 3.8) is 0 Å². The van der Waals surface area contributed by atoms with Gasteiger partial charge in [-0.05, 0) is 35.4 Å². The molecule has 15 heteroatoms. The number of hydrogen-bond donors (Lipinski definition) is 3. The van der Waals surface area contributed by atoms with Crippen LogP contribution in [0.1, 0.15) is 21.5 Å². The monoisotopic (exact) mass is 522 g/mol. The number of non-ortho nitro benzene ring substituents is 3. The SMILES string of the molecule is O=C(NC(Cc1ccc(O)cc1)C(=O)N/N=C/c1ccc([N+](=O)[O-])cc1)c1cc([N+](=O)[O-])cc([N+](=O)[O-])c1. The van der Waals surface area contributed by atoms with Crippen molar-refractivity contribution in [3.8, 4) is 5.75 Å². The van der Waals surface area contributed by atoms with E-state index in [1.807, 2.05) is 0 Å². The number of carbonyl (C=O) groups excluding carboxylic acids is 2. The Labute approximate surface area is 212 Å². The van der Waals surface area contributed by atoms with Gasteiger partial charge in [0.1, 0.15) is 11.8 Å². The van der Waals surface area contributed by atoms with Crippen LogP contribution in [-0.4, -0.2) is 43.9 Å². The van der Waals surface area contributed by atoms with Crippen molar-refractivity contribution in [2.45, 2.75) is 12.5 Å². The van der Waals surface area contributed by atoms with Gasteiger partial charge in [0.25, 0.3) is 28.9 Å². The molecule has 1 unspecified atom stereocenters. The summed E-state index contributed by atoms with van der Waals surface area (Å²) in [5.41, 5.74) is 1.27. The zero-order chi connectivity index (χ0) is 27.8. The molecule has 0 spiro atoms. The smallest absolute Gasteiger partial charge is 0.277 e. The van der Waals surface area contributed by atoms with E-state index in [9.17, 15) is 45.0 Å². The van der Waals surface area contributed by atoms with Crippen molar-refractivity contribution >= 4 is 35.1 Å². The average molecular weight is 522 g/mol. The van der Waals surface area contributed by atoms with Gasteiger partial charge in [0.15, 0.2) is 0 Å². The van der Waals surface area contributed by atoms with Gasteiger partial charge in [-0.2, -0.15) is 5.10 Å². The fraction of sp³-hybridized carbons (Fsp3) is 0.0870. The second-order valence-corrected chi connectivity index (χ2v) is 7.73. The first-order valence-corrected chi connectivity index (χ1v) is 10.6. The largest absolute Gasteiger partial charge is 0.508 e. The quantitative estimate of drug-likeness (QED) is 0.202. The predicted molar refractivity (Wildman–Crippen MR) is 132 cm³/mol. The van der Waals surface area contributed by atoms with Crippen molar-refractivity contribution in [2.75, 3.05) is 0 Å². The number of nitrogens with zero attached hydrogens (tertiary/aromatic N) is 4. The minimum absolute atomic E-state index is 0.0320. The predicted octanol–water partition coefficient (Wildman–Crippen LogP) is 2.61. The molecule has 0 radical (unpaired) electrons. The highest BCUT2D eigenvalue weighted by molar-refractivity contribution is 5.98. The number of phenolic OH excluding ortho intramolecular Hbond substituents is 1. The van der Waals surface area contributed by atoms with E-state index >= 15 is 0 Å². The summed E-state index contributed by atoms with van der Waals surface area (Å²) in [6.07, 6.45) is 1.12. The summed E-state index contributed by atoms with van der Waals surface area (Å²) in [5, 5.41) is 48.7. The van der Waals surface area contributed by atoms with Crippen LogP contribution < -0.4 is 10.7 Å². The first kappa shape index (κ1) is 26.9. The third kappa shape index (κ3) is 7.14. The molecule has 0 bridgehead atoms. The molecule has 0 heterocycles. The van der Waals surface area contributed by atoms with E-state index in [-0.39, 0.29) is 17.9 Å². The van der Waals surface area contributed by atoms with Crippen molar-refractivity contribution in [1.82, 2.24) is 10.7 Å². The number of amides is 2. The molecule has 1 atom stereocenters. The molecule has 0 aliphatic carbocycles. The third-order valence-corrected chi connectivity index (χ3v) is 5.08. The zero-order valence-electron chi connectivity index (χ0n) is 19.2. The maximum Gasteiger partial charge on any atom is 0.277 e. The summed E-state index contributed by atoms with van der Waals surface area (Å²) in [6, 6.07) is 12.1. The Kier molecular flexibility index (Phi) is 8.35. The summed E-state index contributed by atoms with van der Waals surface area (Å²) < 4.78 is 0. The number of nitro benzene ring substituents is 3. The van der Waals surface area contributed by atoms with E-state index in [4.69, 9.17) is 0 Å². The number of hydrogen-bond acceptors (Lipinski definition) is 10. The second-order valence-electron chi connectivity index (χ2n) is 7.73. The Balaban J connectivity index is 1.82. The van der Waals surface area contributed by atoms with Gasteiger partial charge < -0.3 is 10.4 Å². The van der Waals surface area contributed by atoms with Crippen molar-refractivity contribution in [3.05, 3.63) is 114 Å². The van der Waals surface area contributed by atoms with Gasteiger partial charge in [-0.15, -0.1) is 0 Å². The Morgan fingerprint density at radius 3 is 1.92 bits per heavy atom. The van der Waals surface area contributed by atoms with Crippen LogP contribution in [0.25, 0.3) is 0 Å². The number of benzene rings is 3. The summed E-state index contributed by atoms with van der Waals surface area (Å²) >= 11 is 0. The van der Waals surface area contributed by atoms with E-state index < -0.39 is 49.6 Å². The average Bonchev–Trinajstić information content (AvgIpc) is 2.89. The first-order valence-electron chi connectivity index (χ1n) is 10.6. The van der Waals surface area contributed by atoms with Crippen LogP contribution in [-0.2, 0) is 11.2 Å². The Morgan fingerprint density at radius 2 is 1.39 bits per heavy atom. The van der Waals surface area contributed by atoms with Crippen LogP contribution in [0.2, 0.25) is 0 Å². The molecule has 3 aromatic rings. The summed E-state index contributed by atoms with van der Waals surface area (Å²) in [4.78, 5) is 56.4. The highest BCUT2D eigenvalue weighted by Crippen LogP contribution is 2.23. The van der Waals surface area contributed by atoms with Crippen LogP contribution in [0.3, 0.4) is 0 Å². The minimum Gasteiger partial charge on any atom is -0.508 e. The summed E-state index contributed by atoms with van der Waals surface area (Å²) in [5.74, 6) is -1.82. The second kappa shape index (κ2) is 11.8. The van der Waals surface area contributed by atoms with Crippen LogP contribution in [0.5, 0.6) is 5.75 Å². The van der Waals surface area contributed by atoms with Gasteiger partial charge in [-0.1, -0.05) is 12.1 Å². The van der Waals surface area contributed by atoms with Gasteiger partial charge in [0, 0.05) is 30.7 Å². The van der Waals surface area contributed by atoms with Gasteiger partial charge >= 0.3 is 0 Å². The van der Waals surface area contributed by atoms with Crippen LogP contribution in [0, 0.1) is 30.3 Å². The third-order valence-electron chi connectivity index (χ3n) is 5.08. The van der Waals surface area contributed by atoms with Crippen LogP contribution in [0.15, 0.2) is 71.8 Å². The van der Waals surface area contributed by atoms with E-state index in [2.05, 4.69) is 15.8 Å². The molecule has 3 aromatic carbocycles. The number of carbonyl (C=O) groups is 2. The molecule has 38 heavy (non-hydrogen) atoms. The zero-order valence-corrected chi connectivity index (χ0v) is 19.2. The number of nitrogens with one attached hydrogen (secondary N) is 2. The number of nitro groups is 3. The Morgan fingerprint density at radius 1 is 0.842 bits per heavy atom. The molecule has 2 amide bonds. The molecule has 194 valence electrons. The molecule has 0 saturated carbocycles. The molecule has 15 nitrogen and oxygen atoms in total. The molecule has 3 rings (SSSR count). The van der Waals surface area contributed by atoms with Crippen molar-refractivity contribution in [1.29, 1.82) is 0 Å². The van der Waals surface area contributed by atoms with Crippen molar-refractivity contribution < 1.29 is 29.5 Å². The minimum atomic E-state index is -1.29. The van der Waals surface area contributed by atoms with E-state index in [0.717, 1.165) is 12.1 Å². The molecule has 0 fully saturated rings. The molecule has 0 aliphatic heterocycles. The highest BCUT2D eigenvalue weighted by Gasteiger charge is 2.25. The lowest BCUT2D eigenvalue weighted by Crippen LogP contribution is -2.46. The lowest BCUT2D eigenvalue weighted by molar-refractivity contribution is -0.394. The van der Waals surface area contributed by atoms with E-state index in [1.54, 1.807) is 0 Å². The molecule has 0 aliphatic rings. The van der Waals surface area contributed by atoms with Crippen molar-refractivity contribution in [2.24, 2.45) is 5.10 Å². The number of aromatic hydroxyl groups is 1. The van der Waals surface area contributed by atoms with E-state index in [1.165, 1.54) is 54.7 Å². The standard InChI is InChI=1S/C23H18N6O9/c30-20-7-3-14(4-8-20)9-21(23(32)26-24-13-15-1-5-17(6-2-15)27(33)34)25-22(31)16-10-18(28(35)36)12-19(11-16)29(37)38/h1-8,10-13,21,30H,9H2,(H,25,31)(H,26,32)/b24-13+. The van der Waals surface area contributed by atoms with Gasteiger partial charge in [0.2, 0.25) is 0 Å². The van der Waals surface area contributed by atoms with Gasteiger partial charge in [-0.25, -0.2) is 5.43 Å². The maximum atomic E-state index is 12.9. The fourth-order valence-electron chi connectivity index (χ4n) is 3.19. The molecular formula is C23H18N6O9. The van der Waals surface area contributed by atoms with Crippen LogP contribution >= 0.6 is 0 Å². The Bertz CT molecular complexity index is 1390. The summed E-state index contributed by atoms with van der Waals surface area (Å²) in [6.45, 7) is 0. The normalized spacial score (nSPS) is 11.5. The number of phenols is 1. The highest BCUT2D eigenvalue weighted by atomic mass is 16.6. The Hall–Kier alpha value is -5.73. The molecule has 0 saturated heterocycles. The lowest BCUT2D eigenvalue weighted by Gasteiger charge is -2.17. The lowest BCUT2D eigenvalue weighted by atomic mass is 10.0. The molecule has 3 N–H and O–H groups in total. The van der Waals surface area contributed by atoms with Gasteiger partial charge in [0.05, 0.1) is 32.6 Å². The molecule has 0 aromatic heterocycles. The first-order chi connectivity index (χ1) is 18.0. The summed E-state index contributed by atoms with van der Waals surface area (Å²) in [7, 11) is 0. The number of rotatable bonds is 10. The number of hydrazone groups is 1. The molecular weight excluding hydrogens is 504 g/mol. The fourth-order valence-corrected chi connectivity index (χ4v) is 3.19. The topological polar surface area (TPSA) is 220 Å². The van der Waals surface area contributed by atoms with Gasteiger partial charge in [-0.3, -0.25) is 39.9 Å².